The molecule has 7 nitrogen and oxygen atoms in total. The van der Waals surface area contributed by atoms with Crippen LogP contribution in [0.15, 0.2) is 48.9 Å². The van der Waals surface area contributed by atoms with Gasteiger partial charge in [-0.2, -0.15) is 0 Å². The molecule has 3 heterocycles. The van der Waals surface area contributed by atoms with E-state index in [2.05, 4.69) is 19.9 Å². The second-order valence-corrected chi connectivity index (χ2v) is 6.82. The number of rotatable bonds is 5. The van der Waals surface area contributed by atoms with Crippen molar-refractivity contribution in [1.82, 2.24) is 15.0 Å². The van der Waals surface area contributed by atoms with E-state index in [4.69, 9.17) is 14.9 Å². The number of hydrogen-bond donors (Lipinski definition) is 1. The van der Waals surface area contributed by atoms with Crippen LogP contribution < -0.4 is 9.64 Å². The van der Waals surface area contributed by atoms with Crippen LogP contribution in [0.2, 0.25) is 0 Å². The summed E-state index contributed by atoms with van der Waals surface area (Å²) in [6, 6.07) is 9.80. The number of anilines is 1. The number of ether oxygens (including phenoxy) is 2. The number of aromatic nitrogens is 3. The van der Waals surface area contributed by atoms with Gasteiger partial charge in [-0.25, -0.2) is 15.0 Å². The second kappa shape index (κ2) is 8.36. The maximum Gasteiger partial charge on any atom is 0.240 e. The Morgan fingerprint density at radius 1 is 1.03 bits per heavy atom. The number of aryl methyl sites for hydroxylation is 1. The topological polar surface area (TPSA) is 84.2 Å². The monoisotopic (exact) mass is 389 g/mol. The molecule has 1 fully saturated rings. The predicted octanol–water partition coefficient (Wildman–Crippen LogP) is 3.11. The maximum atomic E-state index is 8.84. The van der Waals surface area contributed by atoms with Gasteiger partial charge in [-0.1, -0.05) is 12.1 Å². The fourth-order valence-corrected chi connectivity index (χ4v) is 3.41. The molecule has 1 aliphatic rings. The van der Waals surface area contributed by atoms with Crippen LogP contribution >= 0.6 is 0 Å². The normalized spacial score (nSPS) is 13.9. The molecule has 7 heteroatoms. The summed E-state index contributed by atoms with van der Waals surface area (Å²) >= 11 is 0. The summed E-state index contributed by atoms with van der Waals surface area (Å²) in [6.07, 6.45) is 5.00. The highest BCUT2D eigenvalue weighted by atomic mass is 16.5. The zero-order valence-electron chi connectivity index (χ0n) is 16.6. The summed E-state index contributed by atoms with van der Waals surface area (Å²) < 4.78 is 10.8. The van der Waals surface area contributed by atoms with Crippen LogP contribution in [0.1, 0.15) is 16.7 Å². The van der Waals surface area contributed by atoms with Gasteiger partial charge in [0.2, 0.25) is 5.88 Å². The first kappa shape index (κ1) is 19.0. The molecule has 0 atom stereocenters. The third-order valence-corrected chi connectivity index (χ3v) is 5.01. The lowest BCUT2D eigenvalue weighted by Gasteiger charge is -2.28. The van der Waals surface area contributed by atoms with Crippen LogP contribution in [-0.2, 0) is 4.74 Å². The maximum absolute atomic E-state index is 8.84. The summed E-state index contributed by atoms with van der Waals surface area (Å²) in [7, 11) is 1.58. The fourth-order valence-electron chi connectivity index (χ4n) is 3.41. The number of benzene rings is 1. The lowest BCUT2D eigenvalue weighted by molar-refractivity contribution is 0.122. The molecular weight excluding hydrogens is 366 g/mol. The third kappa shape index (κ3) is 3.95. The minimum absolute atomic E-state index is 0.448. The highest BCUT2D eigenvalue weighted by Gasteiger charge is 2.16. The summed E-state index contributed by atoms with van der Waals surface area (Å²) in [6.45, 7) is 5.02. The average molecular weight is 389 g/mol. The first-order valence-corrected chi connectivity index (χ1v) is 9.51. The number of nitrogens with one attached hydrogen (secondary N) is 1. The minimum atomic E-state index is 0.448. The minimum Gasteiger partial charge on any atom is -0.479 e. The standard InChI is InChI=1S/C22H23N5O2/c1-15-3-4-17(21-22(28-2)26-8-7-25-21)13-18(15)20(23)16-5-6-24-19(14-16)27-9-11-29-12-10-27/h3-8,13-14,23H,9-12H2,1-2H3. The van der Waals surface area contributed by atoms with Crippen LogP contribution in [0.3, 0.4) is 0 Å². The van der Waals surface area contributed by atoms with Gasteiger partial charge in [0, 0.05) is 48.4 Å². The molecule has 0 aliphatic carbocycles. The van der Waals surface area contributed by atoms with E-state index in [1.54, 1.807) is 25.7 Å². The van der Waals surface area contributed by atoms with Crippen LogP contribution in [0.4, 0.5) is 5.82 Å². The lowest BCUT2D eigenvalue weighted by atomic mass is 9.95. The SMILES string of the molecule is COc1nccnc1-c1ccc(C)c(C(=N)c2ccnc(N3CCOCC3)c2)c1. The van der Waals surface area contributed by atoms with Crippen LogP contribution in [0, 0.1) is 12.3 Å². The molecule has 0 spiro atoms. The van der Waals surface area contributed by atoms with Crippen LogP contribution in [0.25, 0.3) is 11.3 Å². The van der Waals surface area contributed by atoms with Crippen LogP contribution in [-0.4, -0.2) is 54.1 Å². The van der Waals surface area contributed by atoms with Crippen molar-refractivity contribution >= 4 is 11.5 Å². The molecule has 0 saturated carbocycles. The molecule has 1 aliphatic heterocycles. The number of nitrogens with zero attached hydrogens (tertiary/aromatic N) is 4. The van der Waals surface area contributed by atoms with Gasteiger partial charge in [-0.15, -0.1) is 0 Å². The molecule has 1 saturated heterocycles. The Labute approximate surface area is 169 Å². The van der Waals surface area contributed by atoms with Crippen molar-refractivity contribution in [1.29, 1.82) is 5.41 Å². The highest BCUT2D eigenvalue weighted by Crippen LogP contribution is 2.28. The van der Waals surface area contributed by atoms with Gasteiger partial charge in [0.05, 0.1) is 26.0 Å². The largest absolute Gasteiger partial charge is 0.479 e. The molecule has 0 radical (unpaired) electrons. The summed E-state index contributed by atoms with van der Waals surface area (Å²) in [4.78, 5) is 15.3. The van der Waals surface area contributed by atoms with E-state index < -0.39 is 0 Å². The quantitative estimate of drug-likeness (QED) is 0.675. The second-order valence-electron chi connectivity index (χ2n) is 6.82. The van der Waals surface area contributed by atoms with E-state index in [0.717, 1.165) is 41.2 Å². The van der Waals surface area contributed by atoms with Gasteiger partial charge >= 0.3 is 0 Å². The molecule has 1 aromatic carbocycles. The number of hydrogen-bond acceptors (Lipinski definition) is 7. The van der Waals surface area contributed by atoms with E-state index >= 15 is 0 Å². The van der Waals surface area contributed by atoms with Crippen molar-refractivity contribution < 1.29 is 9.47 Å². The Morgan fingerprint density at radius 2 is 1.83 bits per heavy atom. The molecular formula is C22H23N5O2. The number of methoxy groups -OCH3 is 1. The van der Waals surface area contributed by atoms with Crippen molar-refractivity contribution in [2.45, 2.75) is 6.92 Å². The van der Waals surface area contributed by atoms with Crippen molar-refractivity contribution in [2.24, 2.45) is 0 Å². The molecule has 148 valence electrons. The third-order valence-electron chi connectivity index (χ3n) is 5.01. The van der Waals surface area contributed by atoms with Gasteiger partial charge < -0.3 is 14.4 Å². The summed E-state index contributed by atoms with van der Waals surface area (Å²) in [5.74, 6) is 1.34. The predicted molar refractivity (Wildman–Crippen MR) is 112 cm³/mol. The Hall–Kier alpha value is -3.32. The first-order chi connectivity index (χ1) is 14.2. The smallest absolute Gasteiger partial charge is 0.240 e. The average Bonchev–Trinajstić information content (AvgIpc) is 2.79. The van der Waals surface area contributed by atoms with E-state index in [-0.39, 0.29) is 0 Å². The first-order valence-electron chi connectivity index (χ1n) is 9.51. The molecule has 0 amide bonds. The number of pyridine rings is 1. The number of morpholine rings is 1. The molecule has 3 aromatic rings. The van der Waals surface area contributed by atoms with Gasteiger partial charge in [0.1, 0.15) is 11.5 Å². The summed E-state index contributed by atoms with van der Waals surface area (Å²) in [5.41, 5.74) is 4.66. The van der Waals surface area contributed by atoms with E-state index in [1.165, 1.54) is 0 Å². The summed E-state index contributed by atoms with van der Waals surface area (Å²) in [5, 5.41) is 8.84. The van der Waals surface area contributed by atoms with Crippen molar-refractivity contribution in [3.63, 3.8) is 0 Å². The lowest BCUT2D eigenvalue weighted by Crippen LogP contribution is -2.36. The van der Waals surface area contributed by atoms with Gasteiger partial charge in [-0.3, -0.25) is 5.41 Å². The Balaban J connectivity index is 1.69. The Morgan fingerprint density at radius 3 is 2.62 bits per heavy atom. The Kier molecular flexibility index (Phi) is 5.48. The van der Waals surface area contributed by atoms with Crippen molar-refractivity contribution in [3.8, 4) is 17.1 Å². The molecule has 0 bridgehead atoms. The van der Waals surface area contributed by atoms with Gasteiger partial charge in [0.15, 0.2) is 0 Å². The fraction of sp³-hybridized carbons (Fsp3) is 0.273. The van der Waals surface area contributed by atoms with Crippen LogP contribution in [0.5, 0.6) is 5.88 Å². The van der Waals surface area contributed by atoms with Gasteiger partial charge in [-0.05, 0) is 30.7 Å². The molecule has 4 rings (SSSR count). The Bertz CT molecular complexity index is 1030. The van der Waals surface area contributed by atoms with E-state index in [9.17, 15) is 0 Å². The van der Waals surface area contributed by atoms with Gasteiger partial charge in [0.25, 0.3) is 0 Å². The van der Waals surface area contributed by atoms with Crippen molar-refractivity contribution in [3.05, 3.63) is 65.6 Å². The van der Waals surface area contributed by atoms with E-state index in [1.807, 2.05) is 37.3 Å². The van der Waals surface area contributed by atoms with E-state index in [0.29, 0.717) is 30.5 Å². The molecule has 2 aromatic heterocycles. The molecule has 0 unspecified atom stereocenters. The molecule has 1 N–H and O–H groups in total. The molecule has 29 heavy (non-hydrogen) atoms. The zero-order valence-corrected chi connectivity index (χ0v) is 16.6. The zero-order chi connectivity index (χ0) is 20.2. The van der Waals surface area contributed by atoms with Crippen molar-refractivity contribution in [2.75, 3.05) is 38.3 Å². The highest BCUT2D eigenvalue weighted by molar-refractivity contribution is 6.12.